The Hall–Kier alpha value is -1.13. The summed E-state index contributed by atoms with van der Waals surface area (Å²) in [5.74, 6) is 0.925. The highest BCUT2D eigenvalue weighted by molar-refractivity contribution is 7.99. The largest absolute Gasteiger partial charge is 0.381 e. The van der Waals surface area contributed by atoms with Crippen LogP contribution in [0.3, 0.4) is 0 Å². The van der Waals surface area contributed by atoms with Crippen molar-refractivity contribution in [1.29, 1.82) is 0 Å². The van der Waals surface area contributed by atoms with E-state index >= 15 is 0 Å². The van der Waals surface area contributed by atoms with E-state index in [4.69, 9.17) is 4.74 Å². The summed E-state index contributed by atoms with van der Waals surface area (Å²) >= 11 is 1.71. The molecule has 0 aliphatic carbocycles. The molecule has 3 nitrogen and oxygen atoms in total. The summed E-state index contributed by atoms with van der Waals surface area (Å²) in [6.45, 7) is 3.54. The van der Waals surface area contributed by atoms with Crippen molar-refractivity contribution in [3.8, 4) is 0 Å². The van der Waals surface area contributed by atoms with Crippen molar-refractivity contribution in [3.05, 3.63) is 30.6 Å². The van der Waals surface area contributed by atoms with Gasteiger partial charge in [0.25, 0.3) is 0 Å². The molecule has 0 atom stereocenters. The first-order chi connectivity index (χ1) is 7.92. The zero-order valence-corrected chi connectivity index (χ0v) is 10.0. The minimum atomic E-state index is 0.763. The molecule has 2 rings (SSSR count). The van der Waals surface area contributed by atoms with Crippen molar-refractivity contribution < 1.29 is 4.74 Å². The predicted molar refractivity (Wildman–Crippen MR) is 66.8 cm³/mol. The van der Waals surface area contributed by atoms with Crippen LogP contribution in [0.25, 0.3) is 10.9 Å². The number of thioether (sulfide) groups is 1. The molecule has 0 aliphatic heterocycles. The van der Waals surface area contributed by atoms with Crippen LogP contribution < -0.4 is 0 Å². The van der Waals surface area contributed by atoms with E-state index < -0.39 is 0 Å². The van der Waals surface area contributed by atoms with Gasteiger partial charge in [0.2, 0.25) is 0 Å². The summed E-state index contributed by atoms with van der Waals surface area (Å²) in [5.41, 5.74) is 0.997. The van der Waals surface area contributed by atoms with Gasteiger partial charge in [0.15, 0.2) is 0 Å². The number of rotatable bonds is 5. The van der Waals surface area contributed by atoms with E-state index in [-0.39, 0.29) is 0 Å². The monoisotopic (exact) mass is 234 g/mol. The van der Waals surface area contributed by atoms with Crippen LogP contribution in [0, 0.1) is 0 Å². The quantitative estimate of drug-likeness (QED) is 0.452. The second kappa shape index (κ2) is 5.82. The smallest absolute Gasteiger partial charge is 0.117 e. The van der Waals surface area contributed by atoms with Crippen LogP contribution in [-0.2, 0) is 4.74 Å². The third-order valence-corrected chi connectivity index (χ3v) is 3.15. The second-order valence-electron chi connectivity index (χ2n) is 3.24. The van der Waals surface area contributed by atoms with Gasteiger partial charge >= 0.3 is 0 Å². The van der Waals surface area contributed by atoms with Crippen LogP contribution in [0.5, 0.6) is 0 Å². The van der Waals surface area contributed by atoms with Crippen LogP contribution in [0.15, 0.2) is 35.6 Å². The molecule has 0 saturated heterocycles. The molecule has 0 unspecified atom stereocenters. The maximum atomic E-state index is 5.30. The fourth-order valence-corrected chi connectivity index (χ4v) is 2.28. The van der Waals surface area contributed by atoms with Gasteiger partial charge in [-0.15, -0.1) is 11.8 Å². The first-order valence-electron chi connectivity index (χ1n) is 5.32. The van der Waals surface area contributed by atoms with Gasteiger partial charge in [-0.2, -0.15) is 0 Å². The van der Waals surface area contributed by atoms with Gasteiger partial charge < -0.3 is 4.74 Å². The average Bonchev–Trinajstić information content (AvgIpc) is 2.35. The zero-order valence-electron chi connectivity index (χ0n) is 9.22. The van der Waals surface area contributed by atoms with E-state index in [1.54, 1.807) is 18.1 Å². The van der Waals surface area contributed by atoms with Gasteiger partial charge in [-0.1, -0.05) is 18.2 Å². The fourth-order valence-electron chi connectivity index (χ4n) is 1.44. The molecule has 0 fully saturated rings. The number of benzene rings is 1. The van der Waals surface area contributed by atoms with E-state index in [0.29, 0.717) is 0 Å². The highest BCUT2D eigenvalue weighted by Crippen LogP contribution is 2.23. The Morgan fingerprint density at radius 1 is 1.25 bits per heavy atom. The third-order valence-electron chi connectivity index (χ3n) is 2.18. The van der Waals surface area contributed by atoms with Crippen LogP contribution >= 0.6 is 11.8 Å². The summed E-state index contributed by atoms with van der Waals surface area (Å²) in [6, 6.07) is 8.06. The van der Waals surface area contributed by atoms with Gasteiger partial charge in [-0.05, 0) is 13.0 Å². The molecule has 0 bridgehead atoms. The van der Waals surface area contributed by atoms with Crippen LogP contribution in [-0.4, -0.2) is 28.9 Å². The second-order valence-corrected chi connectivity index (χ2v) is 4.32. The summed E-state index contributed by atoms with van der Waals surface area (Å²) in [7, 11) is 0. The van der Waals surface area contributed by atoms with Crippen molar-refractivity contribution in [2.75, 3.05) is 19.0 Å². The van der Waals surface area contributed by atoms with Gasteiger partial charge in [-0.3, -0.25) is 0 Å². The molecule has 1 aromatic heterocycles. The standard InChI is InChI=1S/C12H14N2OS/c1-2-15-7-8-16-12-10-5-3-4-6-11(10)13-9-14-12/h3-6,9H,2,7-8H2,1H3. The Kier molecular flexibility index (Phi) is 4.13. The molecule has 1 heterocycles. The molecule has 0 amide bonds. The summed E-state index contributed by atoms with van der Waals surface area (Å²) in [5, 5.41) is 2.15. The lowest BCUT2D eigenvalue weighted by atomic mass is 10.2. The van der Waals surface area contributed by atoms with Crippen molar-refractivity contribution in [2.45, 2.75) is 11.9 Å². The normalized spacial score (nSPS) is 10.8. The van der Waals surface area contributed by atoms with Crippen LogP contribution in [0.1, 0.15) is 6.92 Å². The maximum absolute atomic E-state index is 5.30. The topological polar surface area (TPSA) is 35.0 Å². The number of fused-ring (bicyclic) bond motifs is 1. The predicted octanol–water partition coefficient (Wildman–Crippen LogP) is 2.76. The minimum Gasteiger partial charge on any atom is -0.381 e. The molecule has 2 aromatic rings. The summed E-state index contributed by atoms with van der Waals surface area (Å²) in [6.07, 6.45) is 1.62. The molecule has 4 heteroatoms. The van der Waals surface area contributed by atoms with Crippen molar-refractivity contribution >= 4 is 22.7 Å². The molecular formula is C12H14N2OS. The van der Waals surface area contributed by atoms with E-state index in [2.05, 4.69) is 16.0 Å². The SMILES string of the molecule is CCOCCSc1ncnc2ccccc12. The number of nitrogens with zero attached hydrogens (tertiary/aromatic N) is 2. The molecule has 16 heavy (non-hydrogen) atoms. The molecule has 0 spiro atoms. The van der Waals surface area contributed by atoms with E-state index in [1.165, 1.54) is 0 Å². The molecular weight excluding hydrogens is 220 g/mol. The first-order valence-corrected chi connectivity index (χ1v) is 6.30. The average molecular weight is 234 g/mol. The molecule has 0 aliphatic rings. The number of hydrogen-bond donors (Lipinski definition) is 0. The maximum Gasteiger partial charge on any atom is 0.117 e. The van der Waals surface area contributed by atoms with Crippen molar-refractivity contribution in [3.63, 3.8) is 0 Å². The lowest BCUT2D eigenvalue weighted by Gasteiger charge is -2.04. The fraction of sp³-hybridized carbons (Fsp3) is 0.333. The molecule has 0 saturated carbocycles. The van der Waals surface area contributed by atoms with Crippen LogP contribution in [0.2, 0.25) is 0 Å². The van der Waals surface area contributed by atoms with E-state index in [1.807, 2.05) is 25.1 Å². The highest BCUT2D eigenvalue weighted by Gasteiger charge is 2.02. The highest BCUT2D eigenvalue weighted by atomic mass is 32.2. The van der Waals surface area contributed by atoms with Gasteiger partial charge in [0, 0.05) is 17.7 Å². The van der Waals surface area contributed by atoms with E-state index in [0.717, 1.165) is 34.9 Å². The Morgan fingerprint density at radius 3 is 3.00 bits per heavy atom. The van der Waals surface area contributed by atoms with Crippen molar-refractivity contribution in [2.24, 2.45) is 0 Å². The van der Waals surface area contributed by atoms with Crippen molar-refractivity contribution in [1.82, 2.24) is 9.97 Å². The first kappa shape index (κ1) is 11.4. The van der Waals surface area contributed by atoms with E-state index in [9.17, 15) is 0 Å². The number of para-hydroxylation sites is 1. The zero-order chi connectivity index (χ0) is 11.2. The molecule has 1 aromatic carbocycles. The Balaban J connectivity index is 2.11. The van der Waals surface area contributed by atoms with Crippen LogP contribution in [0.4, 0.5) is 0 Å². The van der Waals surface area contributed by atoms with Gasteiger partial charge in [0.1, 0.15) is 11.4 Å². The lowest BCUT2D eigenvalue weighted by Crippen LogP contribution is -1.96. The van der Waals surface area contributed by atoms with Gasteiger partial charge in [-0.25, -0.2) is 9.97 Å². The molecule has 0 N–H and O–H groups in total. The molecule has 84 valence electrons. The number of ether oxygens (including phenoxy) is 1. The third kappa shape index (κ3) is 2.71. The minimum absolute atomic E-state index is 0.763. The Labute approximate surface area is 99.2 Å². The summed E-state index contributed by atoms with van der Waals surface area (Å²) in [4.78, 5) is 8.53. The number of aromatic nitrogens is 2. The summed E-state index contributed by atoms with van der Waals surface area (Å²) < 4.78 is 5.30. The Morgan fingerprint density at radius 2 is 2.12 bits per heavy atom. The van der Waals surface area contributed by atoms with Gasteiger partial charge in [0.05, 0.1) is 12.1 Å². The number of hydrogen-bond acceptors (Lipinski definition) is 4. The Bertz CT molecular complexity index is 456. The molecule has 0 radical (unpaired) electrons. The lowest BCUT2D eigenvalue weighted by molar-refractivity contribution is 0.164.